The topological polar surface area (TPSA) is 61.8 Å². The zero-order chi connectivity index (χ0) is 18.5. The van der Waals surface area contributed by atoms with Gasteiger partial charge in [0.05, 0.1) is 6.54 Å². The summed E-state index contributed by atoms with van der Waals surface area (Å²) in [7, 11) is 3.03. The molecule has 1 aromatic carbocycles. The number of rotatable bonds is 2. The molecule has 2 aromatic heterocycles. The van der Waals surface area contributed by atoms with Gasteiger partial charge in [-0.2, -0.15) is 4.98 Å². The highest BCUT2D eigenvalue weighted by atomic mass is 35.5. The molecule has 25 heavy (non-hydrogen) atoms. The molecule has 0 fully saturated rings. The Bertz CT molecular complexity index is 1070. The first-order valence-corrected chi connectivity index (χ1v) is 8.40. The van der Waals surface area contributed by atoms with Crippen molar-refractivity contribution in [2.24, 2.45) is 14.1 Å². The van der Waals surface area contributed by atoms with Crippen molar-refractivity contribution < 1.29 is 0 Å². The van der Waals surface area contributed by atoms with E-state index in [2.05, 4.69) is 37.9 Å². The lowest BCUT2D eigenvalue weighted by atomic mass is 9.87. The van der Waals surface area contributed by atoms with Crippen LogP contribution in [0.3, 0.4) is 0 Å². The Morgan fingerprint density at radius 1 is 1.04 bits per heavy atom. The van der Waals surface area contributed by atoms with Gasteiger partial charge in [-0.05, 0) is 28.1 Å². The highest BCUT2D eigenvalue weighted by Gasteiger charge is 2.18. The molecule has 6 nitrogen and oxygen atoms in total. The number of imidazole rings is 1. The fourth-order valence-electron chi connectivity index (χ4n) is 2.86. The van der Waals surface area contributed by atoms with Crippen LogP contribution in [0.1, 0.15) is 31.9 Å². The second-order valence-electron chi connectivity index (χ2n) is 7.29. The molecule has 0 unspecified atom stereocenters. The monoisotopic (exact) mass is 360 g/mol. The number of fused-ring (bicyclic) bond motifs is 1. The Balaban J connectivity index is 2.13. The molecule has 0 bridgehead atoms. The largest absolute Gasteiger partial charge is 0.332 e. The van der Waals surface area contributed by atoms with E-state index in [1.54, 1.807) is 11.6 Å². The molecule has 0 spiro atoms. The third kappa shape index (κ3) is 2.91. The fraction of sp³-hybridized carbons (Fsp3) is 0.389. The molecule has 3 rings (SSSR count). The molecule has 0 atom stereocenters. The summed E-state index contributed by atoms with van der Waals surface area (Å²) in [5.74, 6) is 0. The van der Waals surface area contributed by atoms with Crippen molar-refractivity contribution in [3.05, 3.63) is 61.5 Å². The summed E-state index contributed by atoms with van der Waals surface area (Å²) in [6, 6.07) is 8.21. The van der Waals surface area contributed by atoms with Gasteiger partial charge in [0.15, 0.2) is 11.2 Å². The fourth-order valence-corrected chi connectivity index (χ4v) is 3.08. The summed E-state index contributed by atoms with van der Waals surface area (Å²) in [6.45, 7) is 6.89. The van der Waals surface area contributed by atoms with Gasteiger partial charge >= 0.3 is 5.69 Å². The van der Waals surface area contributed by atoms with Crippen molar-refractivity contribution in [3.63, 3.8) is 0 Å². The molecule has 0 saturated carbocycles. The molecule has 0 amide bonds. The Morgan fingerprint density at radius 2 is 1.64 bits per heavy atom. The van der Waals surface area contributed by atoms with Crippen LogP contribution in [0.5, 0.6) is 0 Å². The third-order valence-electron chi connectivity index (χ3n) is 4.46. The van der Waals surface area contributed by atoms with Crippen LogP contribution >= 0.6 is 11.6 Å². The van der Waals surface area contributed by atoms with Crippen LogP contribution < -0.4 is 11.2 Å². The Hall–Kier alpha value is -2.34. The maximum absolute atomic E-state index is 12.5. The minimum absolute atomic E-state index is 0.0755. The molecule has 3 aromatic rings. The van der Waals surface area contributed by atoms with E-state index < -0.39 is 11.2 Å². The van der Waals surface area contributed by atoms with Gasteiger partial charge < -0.3 is 4.57 Å². The Morgan fingerprint density at radius 3 is 2.20 bits per heavy atom. The maximum Gasteiger partial charge on any atom is 0.332 e. The molecular weight excluding hydrogens is 340 g/mol. The zero-order valence-corrected chi connectivity index (χ0v) is 15.8. The average Bonchev–Trinajstić information content (AvgIpc) is 2.87. The van der Waals surface area contributed by atoms with Gasteiger partial charge in [0, 0.05) is 14.1 Å². The number of benzene rings is 1. The standard InChI is InChI=1S/C18H21ClN4O2/c1-18(2,3)12-8-6-11(7-9-12)10-23-13-14(20-16(23)19)21(4)17(25)22(5)15(13)24/h6-9H,10H2,1-5H3. The van der Waals surface area contributed by atoms with E-state index in [0.717, 1.165) is 10.1 Å². The predicted molar refractivity (Wildman–Crippen MR) is 99.5 cm³/mol. The van der Waals surface area contributed by atoms with Crippen LogP contribution in [0.2, 0.25) is 5.28 Å². The van der Waals surface area contributed by atoms with Gasteiger partial charge in [-0.25, -0.2) is 4.79 Å². The van der Waals surface area contributed by atoms with Crippen molar-refractivity contribution in [2.75, 3.05) is 0 Å². The van der Waals surface area contributed by atoms with Gasteiger partial charge in [0.1, 0.15) is 0 Å². The van der Waals surface area contributed by atoms with Crippen LogP contribution in [0.4, 0.5) is 0 Å². The number of nitrogens with zero attached hydrogens (tertiary/aromatic N) is 4. The van der Waals surface area contributed by atoms with E-state index in [0.29, 0.717) is 17.7 Å². The summed E-state index contributed by atoms with van der Waals surface area (Å²) in [5.41, 5.74) is 2.11. The Labute approximate surface area is 150 Å². The first kappa shape index (κ1) is 17.5. The first-order valence-electron chi connectivity index (χ1n) is 8.02. The van der Waals surface area contributed by atoms with Gasteiger partial charge in [-0.15, -0.1) is 0 Å². The first-order chi connectivity index (χ1) is 11.6. The summed E-state index contributed by atoms with van der Waals surface area (Å²) < 4.78 is 4.05. The minimum atomic E-state index is -0.423. The van der Waals surface area contributed by atoms with Crippen LogP contribution in [-0.2, 0) is 26.1 Å². The lowest BCUT2D eigenvalue weighted by Gasteiger charge is -2.19. The molecule has 0 radical (unpaired) electrons. The number of aromatic nitrogens is 4. The second-order valence-corrected chi connectivity index (χ2v) is 7.63. The van der Waals surface area contributed by atoms with Crippen molar-refractivity contribution in [1.29, 1.82) is 0 Å². The van der Waals surface area contributed by atoms with E-state index in [-0.39, 0.29) is 10.7 Å². The van der Waals surface area contributed by atoms with Crippen LogP contribution in [0.25, 0.3) is 11.2 Å². The van der Waals surface area contributed by atoms with E-state index in [1.807, 2.05) is 12.1 Å². The van der Waals surface area contributed by atoms with Crippen molar-refractivity contribution in [3.8, 4) is 0 Å². The lowest BCUT2D eigenvalue weighted by Crippen LogP contribution is -2.37. The summed E-state index contributed by atoms with van der Waals surface area (Å²) in [5, 5.41) is 0.188. The van der Waals surface area contributed by atoms with Gasteiger partial charge in [0.2, 0.25) is 5.28 Å². The van der Waals surface area contributed by atoms with Crippen LogP contribution in [0.15, 0.2) is 33.9 Å². The molecular formula is C18H21ClN4O2. The van der Waals surface area contributed by atoms with Crippen LogP contribution in [-0.4, -0.2) is 18.7 Å². The lowest BCUT2D eigenvalue weighted by molar-refractivity contribution is 0.590. The van der Waals surface area contributed by atoms with E-state index in [4.69, 9.17) is 11.6 Å². The number of hydrogen-bond acceptors (Lipinski definition) is 3. The van der Waals surface area contributed by atoms with Crippen molar-refractivity contribution in [2.45, 2.75) is 32.7 Å². The highest BCUT2D eigenvalue weighted by molar-refractivity contribution is 6.29. The molecule has 2 heterocycles. The summed E-state index contributed by atoms with van der Waals surface area (Å²) in [4.78, 5) is 28.8. The van der Waals surface area contributed by atoms with E-state index in [9.17, 15) is 9.59 Å². The summed E-state index contributed by atoms with van der Waals surface area (Å²) in [6.07, 6.45) is 0. The molecule has 0 aliphatic carbocycles. The normalized spacial score (nSPS) is 12.1. The molecule has 0 aliphatic heterocycles. The van der Waals surface area contributed by atoms with Crippen LogP contribution in [0, 0.1) is 0 Å². The molecule has 0 saturated heterocycles. The van der Waals surface area contributed by atoms with Gasteiger partial charge in [-0.1, -0.05) is 45.0 Å². The second kappa shape index (κ2) is 5.88. The van der Waals surface area contributed by atoms with E-state index in [1.165, 1.54) is 17.2 Å². The quantitative estimate of drug-likeness (QED) is 0.659. The highest BCUT2D eigenvalue weighted by Crippen LogP contribution is 2.23. The van der Waals surface area contributed by atoms with E-state index >= 15 is 0 Å². The average molecular weight is 361 g/mol. The Kier molecular flexibility index (Phi) is 4.11. The molecule has 0 N–H and O–H groups in total. The SMILES string of the molecule is Cn1c(=O)c2c(nc(Cl)n2Cc2ccc(C(C)(C)C)cc2)n(C)c1=O. The third-order valence-corrected chi connectivity index (χ3v) is 4.75. The minimum Gasteiger partial charge on any atom is -0.304 e. The summed E-state index contributed by atoms with van der Waals surface area (Å²) >= 11 is 6.26. The van der Waals surface area contributed by atoms with Gasteiger partial charge in [0.25, 0.3) is 5.56 Å². The number of aryl methyl sites for hydroxylation is 1. The van der Waals surface area contributed by atoms with Crippen molar-refractivity contribution in [1.82, 2.24) is 18.7 Å². The van der Waals surface area contributed by atoms with Crippen molar-refractivity contribution >= 4 is 22.8 Å². The zero-order valence-electron chi connectivity index (χ0n) is 15.0. The number of hydrogen-bond donors (Lipinski definition) is 0. The molecule has 0 aliphatic rings. The number of halogens is 1. The molecule has 132 valence electrons. The molecule has 7 heteroatoms. The smallest absolute Gasteiger partial charge is 0.304 e. The predicted octanol–water partition coefficient (Wildman–Crippen LogP) is 2.43. The van der Waals surface area contributed by atoms with Gasteiger partial charge in [-0.3, -0.25) is 13.9 Å². The maximum atomic E-state index is 12.5.